The van der Waals surface area contributed by atoms with Gasteiger partial charge in [-0.1, -0.05) is 0 Å². The van der Waals surface area contributed by atoms with E-state index in [2.05, 4.69) is 0 Å². The first kappa shape index (κ1) is 15.7. The minimum Gasteiger partial charge on any atom is -0.494 e. The Bertz CT molecular complexity index is 508. The number of carbonyl (C=O) groups excluding carboxylic acids is 1. The molecule has 1 fully saturated rings. The number of likely N-dealkylation sites (tertiary alicyclic amines) is 1. The van der Waals surface area contributed by atoms with Crippen molar-refractivity contribution in [3.63, 3.8) is 0 Å². The molecule has 0 bridgehead atoms. The maximum absolute atomic E-state index is 13.4. The maximum Gasteiger partial charge on any atom is 0.254 e. The number of benzene rings is 1. The van der Waals surface area contributed by atoms with Crippen molar-refractivity contribution in [1.82, 2.24) is 4.90 Å². The minimum atomic E-state index is -0.487. The first-order valence-corrected chi connectivity index (χ1v) is 6.77. The average Bonchev–Trinajstić information content (AvgIpc) is 2.90. The molecule has 1 saturated heterocycles. The highest BCUT2D eigenvalue weighted by atomic mass is 19.1. The fourth-order valence-electron chi connectivity index (χ4n) is 2.60. The highest BCUT2D eigenvalue weighted by Crippen LogP contribution is 2.25. The lowest BCUT2D eigenvalue weighted by Gasteiger charge is -2.24. The van der Waals surface area contributed by atoms with Crippen LogP contribution in [0.5, 0.6) is 5.75 Å². The van der Waals surface area contributed by atoms with Gasteiger partial charge in [0, 0.05) is 26.3 Å². The first-order chi connectivity index (χ1) is 10.1. The fourth-order valence-corrected chi connectivity index (χ4v) is 2.60. The molecule has 1 aromatic rings. The summed E-state index contributed by atoms with van der Waals surface area (Å²) < 4.78 is 28.9. The van der Waals surface area contributed by atoms with Gasteiger partial charge in [0.2, 0.25) is 0 Å². The largest absolute Gasteiger partial charge is 0.494 e. The molecule has 0 aromatic heterocycles. The molecule has 1 aliphatic heterocycles. The summed E-state index contributed by atoms with van der Waals surface area (Å²) in [6.07, 6.45) is 0.727. The van der Waals surface area contributed by atoms with Crippen molar-refractivity contribution in [2.24, 2.45) is 0 Å². The van der Waals surface area contributed by atoms with E-state index in [1.807, 2.05) is 0 Å². The van der Waals surface area contributed by atoms with Crippen molar-refractivity contribution in [2.45, 2.75) is 18.6 Å². The van der Waals surface area contributed by atoms with Crippen LogP contribution >= 0.6 is 0 Å². The highest BCUT2D eigenvalue weighted by Gasteiger charge is 2.35. The van der Waals surface area contributed by atoms with Crippen LogP contribution in [0, 0.1) is 5.82 Å². The van der Waals surface area contributed by atoms with E-state index in [1.165, 1.54) is 25.3 Å². The van der Waals surface area contributed by atoms with Crippen molar-refractivity contribution in [3.05, 3.63) is 29.6 Å². The number of hydrogen-bond donors (Lipinski definition) is 0. The van der Waals surface area contributed by atoms with Crippen molar-refractivity contribution >= 4 is 5.91 Å². The van der Waals surface area contributed by atoms with Crippen LogP contribution in [0.1, 0.15) is 16.8 Å². The van der Waals surface area contributed by atoms with E-state index in [1.54, 1.807) is 19.1 Å². The standard InChI is InChI=1S/C15H20FNO4/c1-19-9-11-7-12(20-2)8-17(11)15(18)10-4-5-13(16)14(6-10)21-3/h4-6,11-12H,7-9H2,1-3H3/t11-,12+/m0/s1. The van der Waals surface area contributed by atoms with Crippen molar-refractivity contribution in [3.8, 4) is 5.75 Å². The summed E-state index contributed by atoms with van der Waals surface area (Å²) in [7, 11) is 4.60. The third kappa shape index (κ3) is 3.33. The Labute approximate surface area is 123 Å². The molecule has 6 heteroatoms. The van der Waals surface area contributed by atoms with E-state index in [4.69, 9.17) is 14.2 Å². The Morgan fingerprint density at radius 3 is 2.76 bits per heavy atom. The van der Waals surface area contributed by atoms with Crippen LogP contribution in [0.15, 0.2) is 18.2 Å². The molecule has 0 N–H and O–H groups in total. The topological polar surface area (TPSA) is 48.0 Å². The van der Waals surface area contributed by atoms with Crippen LogP contribution in [-0.2, 0) is 9.47 Å². The molecular formula is C15H20FNO4. The highest BCUT2D eigenvalue weighted by molar-refractivity contribution is 5.95. The summed E-state index contributed by atoms with van der Waals surface area (Å²) in [6.45, 7) is 0.951. The van der Waals surface area contributed by atoms with Gasteiger partial charge in [0.15, 0.2) is 11.6 Å². The molecule has 0 saturated carbocycles. The lowest BCUT2D eigenvalue weighted by molar-refractivity contribution is 0.0612. The zero-order chi connectivity index (χ0) is 15.4. The van der Waals surface area contributed by atoms with E-state index in [0.29, 0.717) is 18.7 Å². The SMILES string of the molecule is COC[C@@H]1C[C@@H](OC)CN1C(=O)c1ccc(F)c(OC)c1. The second-order valence-corrected chi connectivity index (χ2v) is 5.01. The van der Waals surface area contributed by atoms with Crippen LogP contribution in [-0.4, -0.2) is 57.4 Å². The molecule has 21 heavy (non-hydrogen) atoms. The van der Waals surface area contributed by atoms with Gasteiger partial charge in [-0.25, -0.2) is 4.39 Å². The lowest BCUT2D eigenvalue weighted by Crippen LogP contribution is -2.38. The molecule has 2 rings (SSSR count). The fraction of sp³-hybridized carbons (Fsp3) is 0.533. The summed E-state index contributed by atoms with van der Waals surface area (Å²) in [5, 5.41) is 0. The quantitative estimate of drug-likeness (QED) is 0.830. The predicted octanol–water partition coefficient (Wildman–Crippen LogP) is 1.71. The van der Waals surface area contributed by atoms with Crippen LogP contribution in [0.3, 0.4) is 0 Å². The third-order valence-electron chi connectivity index (χ3n) is 3.73. The Morgan fingerprint density at radius 2 is 2.14 bits per heavy atom. The Morgan fingerprint density at radius 1 is 1.38 bits per heavy atom. The number of halogens is 1. The predicted molar refractivity (Wildman–Crippen MR) is 75.1 cm³/mol. The van der Waals surface area contributed by atoms with Gasteiger partial charge in [-0.3, -0.25) is 4.79 Å². The maximum atomic E-state index is 13.4. The van der Waals surface area contributed by atoms with Gasteiger partial charge in [-0.2, -0.15) is 0 Å². The van der Waals surface area contributed by atoms with Crippen molar-refractivity contribution in [1.29, 1.82) is 0 Å². The molecule has 0 radical (unpaired) electrons. The normalized spacial score (nSPS) is 21.6. The van der Waals surface area contributed by atoms with Crippen molar-refractivity contribution in [2.75, 3.05) is 34.5 Å². The van der Waals surface area contributed by atoms with Gasteiger partial charge >= 0.3 is 0 Å². The van der Waals surface area contributed by atoms with Gasteiger partial charge in [0.05, 0.1) is 25.9 Å². The molecule has 2 atom stereocenters. The van der Waals surface area contributed by atoms with Crippen LogP contribution in [0.4, 0.5) is 4.39 Å². The molecule has 0 aliphatic carbocycles. The zero-order valence-corrected chi connectivity index (χ0v) is 12.5. The van der Waals surface area contributed by atoms with Gasteiger partial charge < -0.3 is 19.1 Å². The van der Waals surface area contributed by atoms with E-state index in [0.717, 1.165) is 6.42 Å². The molecule has 0 spiro atoms. The number of ether oxygens (including phenoxy) is 3. The number of methoxy groups -OCH3 is 3. The number of rotatable bonds is 5. The molecular weight excluding hydrogens is 277 g/mol. The average molecular weight is 297 g/mol. The first-order valence-electron chi connectivity index (χ1n) is 6.77. The van der Waals surface area contributed by atoms with Crippen LogP contribution < -0.4 is 4.74 Å². The second kappa shape index (κ2) is 6.87. The molecule has 116 valence electrons. The number of amides is 1. The van der Waals surface area contributed by atoms with Crippen LogP contribution in [0.2, 0.25) is 0 Å². The summed E-state index contributed by atoms with van der Waals surface area (Å²) >= 11 is 0. The molecule has 1 aliphatic rings. The van der Waals surface area contributed by atoms with E-state index in [-0.39, 0.29) is 23.8 Å². The van der Waals surface area contributed by atoms with Crippen LogP contribution in [0.25, 0.3) is 0 Å². The number of nitrogens with zero attached hydrogens (tertiary/aromatic N) is 1. The Hall–Kier alpha value is -1.66. The Balaban J connectivity index is 2.21. The van der Waals surface area contributed by atoms with Gasteiger partial charge in [0.1, 0.15) is 0 Å². The molecule has 5 nitrogen and oxygen atoms in total. The second-order valence-electron chi connectivity index (χ2n) is 5.01. The lowest BCUT2D eigenvalue weighted by atomic mass is 10.1. The molecule has 0 unspecified atom stereocenters. The smallest absolute Gasteiger partial charge is 0.254 e. The van der Waals surface area contributed by atoms with E-state index < -0.39 is 5.82 Å². The van der Waals surface area contributed by atoms with Gasteiger partial charge in [-0.15, -0.1) is 0 Å². The molecule has 1 amide bonds. The molecule has 1 aromatic carbocycles. The summed E-state index contributed by atoms with van der Waals surface area (Å²) in [4.78, 5) is 14.3. The Kier molecular flexibility index (Phi) is 5.14. The molecule has 1 heterocycles. The van der Waals surface area contributed by atoms with E-state index >= 15 is 0 Å². The number of hydrogen-bond acceptors (Lipinski definition) is 4. The summed E-state index contributed by atoms with van der Waals surface area (Å²) in [6, 6.07) is 4.08. The third-order valence-corrected chi connectivity index (χ3v) is 3.73. The summed E-state index contributed by atoms with van der Waals surface area (Å²) in [5.41, 5.74) is 0.395. The summed E-state index contributed by atoms with van der Waals surface area (Å²) in [5.74, 6) is -0.597. The van der Waals surface area contributed by atoms with Gasteiger partial charge in [0.25, 0.3) is 5.91 Å². The minimum absolute atomic E-state index is 0.00329. The van der Waals surface area contributed by atoms with Gasteiger partial charge in [-0.05, 0) is 24.6 Å². The monoisotopic (exact) mass is 297 g/mol. The van der Waals surface area contributed by atoms with E-state index in [9.17, 15) is 9.18 Å². The number of carbonyl (C=O) groups is 1. The zero-order valence-electron chi connectivity index (χ0n) is 12.5. The van der Waals surface area contributed by atoms with Crippen molar-refractivity contribution < 1.29 is 23.4 Å².